The number of hydrogen-bond acceptors (Lipinski definition) is 4. The van der Waals surface area contributed by atoms with Gasteiger partial charge in [-0.3, -0.25) is 0 Å². The number of rotatable bonds is 1. The molecule has 0 unspecified atom stereocenters. The number of hydrogen-bond donors (Lipinski definition) is 3. The average molecular weight is 155 g/mol. The van der Waals surface area contributed by atoms with Gasteiger partial charge < -0.3 is 15.3 Å². The third-order valence-corrected chi connectivity index (χ3v) is 1.12. The third kappa shape index (κ3) is 1.21. The van der Waals surface area contributed by atoms with Crippen molar-refractivity contribution in [1.29, 1.82) is 0 Å². The van der Waals surface area contributed by atoms with Crippen LogP contribution in [0, 0.1) is 0 Å². The monoisotopic (exact) mass is 155 g/mol. The van der Waals surface area contributed by atoms with Crippen molar-refractivity contribution in [3.63, 3.8) is 0 Å². The Kier molecular flexibility index (Phi) is 1.63. The van der Waals surface area contributed by atoms with Crippen molar-refractivity contribution in [2.24, 2.45) is 0 Å². The van der Waals surface area contributed by atoms with Crippen LogP contribution in [-0.4, -0.2) is 26.3 Å². The zero-order valence-electron chi connectivity index (χ0n) is 5.35. The molecule has 1 heterocycles. The minimum absolute atomic E-state index is 0.495. The van der Waals surface area contributed by atoms with Crippen LogP contribution in [0.25, 0.3) is 0 Å². The second-order valence-corrected chi connectivity index (χ2v) is 1.83. The minimum Gasteiger partial charge on any atom is -0.507 e. The fourth-order valence-electron chi connectivity index (χ4n) is 0.646. The maximum absolute atomic E-state index is 10.3. The van der Waals surface area contributed by atoms with Crippen molar-refractivity contribution in [2.75, 3.05) is 0 Å². The van der Waals surface area contributed by atoms with Crippen LogP contribution in [-0.2, 0) is 0 Å². The van der Waals surface area contributed by atoms with Crippen LogP contribution in [0.15, 0.2) is 12.3 Å². The Bertz CT molecular complexity index is 276. The molecule has 1 rings (SSSR count). The molecule has 0 aliphatic rings. The molecule has 0 aliphatic carbocycles. The molecule has 58 valence electrons. The molecular formula is C6H5NO4. The highest BCUT2D eigenvalue weighted by Gasteiger charge is 2.14. The van der Waals surface area contributed by atoms with E-state index in [1.807, 2.05) is 0 Å². The van der Waals surface area contributed by atoms with E-state index in [-0.39, 0.29) is 0 Å². The lowest BCUT2D eigenvalue weighted by Gasteiger charge is -1.98. The standard InChI is InChI=1S/C6H5NO4/c8-3-1-2-7-5(9)4(3)6(10)11/h1-2H,(H,10,11)(H2,7,8,9). The fourth-order valence-corrected chi connectivity index (χ4v) is 0.646. The molecule has 0 atom stereocenters. The van der Waals surface area contributed by atoms with Crippen molar-refractivity contribution in [2.45, 2.75) is 0 Å². The summed E-state index contributed by atoms with van der Waals surface area (Å²) in [7, 11) is 0. The van der Waals surface area contributed by atoms with E-state index in [0.29, 0.717) is 0 Å². The van der Waals surface area contributed by atoms with Crippen molar-refractivity contribution in [1.82, 2.24) is 4.98 Å². The van der Waals surface area contributed by atoms with Gasteiger partial charge in [-0.05, 0) is 6.07 Å². The van der Waals surface area contributed by atoms with Crippen LogP contribution < -0.4 is 0 Å². The van der Waals surface area contributed by atoms with Crippen LogP contribution in [0.5, 0.6) is 11.6 Å². The molecule has 0 amide bonds. The van der Waals surface area contributed by atoms with Gasteiger partial charge >= 0.3 is 5.97 Å². The summed E-state index contributed by atoms with van der Waals surface area (Å²) in [5.41, 5.74) is -0.576. The summed E-state index contributed by atoms with van der Waals surface area (Å²) < 4.78 is 0. The number of aromatic carboxylic acids is 1. The molecule has 1 aromatic rings. The van der Waals surface area contributed by atoms with Gasteiger partial charge in [0, 0.05) is 6.20 Å². The van der Waals surface area contributed by atoms with E-state index < -0.39 is 23.2 Å². The molecule has 11 heavy (non-hydrogen) atoms. The summed E-state index contributed by atoms with van der Waals surface area (Å²) in [6.45, 7) is 0. The Morgan fingerprint density at radius 3 is 2.45 bits per heavy atom. The van der Waals surface area contributed by atoms with Crippen molar-refractivity contribution in [3.8, 4) is 11.6 Å². The second kappa shape index (κ2) is 2.45. The lowest BCUT2D eigenvalue weighted by Crippen LogP contribution is -1.98. The Hall–Kier alpha value is -1.78. The highest BCUT2D eigenvalue weighted by atomic mass is 16.4. The van der Waals surface area contributed by atoms with Gasteiger partial charge in [-0.15, -0.1) is 0 Å². The summed E-state index contributed by atoms with van der Waals surface area (Å²) in [5.74, 6) is -2.59. The van der Waals surface area contributed by atoms with Crippen LogP contribution in [0.2, 0.25) is 0 Å². The van der Waals surface area contributed by atoms with Gasteiger partial charge in [-0.2, -0.15) is 0 Å². The predicted octanol–water partition coefficient (Wildman–Crippen LogP) is 0.191. The van der Waals surface area contributed by atoms with Crippen LogP contribution in [0.4, 0.5) is 0 Å². The van der Waals surface area contributed by atoms with Gasteiger partial charge in [0.05, 0.1) is 0 Å². The largest absolute Gasteiger partial charge is 0.507 e. The molecule has 0 aliphatic heterocycles. The van der Waals surface area contributed by atoms with Gasteiger partial charge in [0.15, 0.2) is 5.56 Å². The summed E-state index contributed by atoms with van der Waals surface area (Å²) >= 11 is 0. The fraction of sp³-hybridized carbons (Fsp3) is 0. The van der Waals surface area contributed by atoms with E-state index in [4.69, 9.17) is 15.3 Å². The minimum atomic E-state index is -1.41. The van der Waals surface area contributed by atoms with Gasteiger partial charge in [0.25, 0.3) is 0 Å². The zero-order chi connectivity index (χ0) is 8.43. The van der Waals surface area contributed by atoms with Crippen LogP contribution in [0.3, 0.4) is 0 Å². The number of nitrogens with zero attached hydrogens (tertiary/aromatic N) is 1. The molecule has 5 heteroatoms. The highest BCUT2D eigenvalue weighted by molar-refractivity contribution is 5.92. The average Bonchev–Trinajstić information content (AvgIpc) is 1.85. The van der Waals surface area contributed by atoms with E-state index in [1.165, 1.54) is 0 Å². The van der Waals surface area contributed by atoms with Crippen LogP contribution in [0.1, 0.15) is 10.4 Å². The Morgan fingerprint density at radius 2 is 2.09 bits per heavy atom. The SMILES string of the molecule is O=C(O)c1c(O)ccnc1O. The van der Waals surface area contributed by atoms with E-state index in [1.54, 1.807) is 0 Å². The summed E-state index contributed by atoms with van der Waals surface area (Å²) in [4.78, 5) is 13.6. The Morgan fingerprint density at radius 1 is 1.45 bits per heavy atom. The normalized spacial score (nSPS) is 9.45. The number of aromatic hydroxyl groups is 2. The lowest BCUT2D eigenvalue weighted by atomic mass is 10.2. The molecule has 3 N–H and O–H groups in total. The van der Waals surface area contributed by atoms with Crippen LogP contribution >= 0.6 is 0 Å². The first-order valence-electron chi connectivity index (χ1n) is 2.73. The first-order valence-corrected chi connectivity index (χ1v) is 2.73. The molecule has 0 saturated carbocycles. The third-order valence-electron chi connectivity index (χ3n) is 1.12. The highest BCUT2D eigenvalue weighted by Crippen LogP contribution is 2.22. The zero-order valence-corrected chi connectivity index (χ0v) is 5.35. The lowest BCUT2D eigenvalue weighted by molar-refractivity contribution is 0.0689. The van der Waals surface area contributed by atoms with Crippen molar-refractivity contribution >= 4 is 5.97 Å². The molecule has 1 aromatic heterocycles. The van der Waals surface area contributed by atoms with E-state index >= 15 is 0 Å². The first-order chi connectivity index (χ1) is 5.13. The molecule has 0 fully saturated rings. The number of carboxylic acids is 1. The molecule has 0 bridgehead atoms. The predicted molar refractivity (Wildman–Crippen MR) is 34.5 cm³/mol. The van der Waals surface area contributed by atoms with Crippen molar-refractivity contribution in [3.05, 3.63) is 17.8 Å². The van der Waals surface area contributed by atoms with E-state index in [2.05, 4.69) is 4.98 Å². The summed E-state index contributed by atoms with van der Waals surface area (Å²) in [6, 6.07) is 1.09. The molecule has 5 nitrogen and oxygen atoms in total. The van der Waals surface area contributed by atoms with Gasteiger partial charge in [-0.1, -0.05) is 0 Å². The van der Waals surface area contributed by atoms with Gasteiger partial charge in [-0.25, -0.2) is 9.78 Å². The van der Waals surface area contributed by atoms with Gasteiger partial charge in [0.2, 0.25) is 5.88 Å². The quantitative estimate of drug-likeness (QED) is 0.538. The van der Waals surface area contributed by atoms with Crippen molar-refractivity contribution < 1.29 is 20.1 Å². The second-order valence-electron chi connectivity index (χ2n) is 1.83. The number of carboxylic acid groups (broad SMARTS) is 1. The first kappa shape index (κ1) is 7.33. The molecule has 0 aromatic carbocycles. The topological polar surface area (TPSA) is 90.7 Å². The molecule has 0 radical (unpaired) electrons. The molecule has 0 saturated heterocycles. The number of carbonyl (C=O) groups is 1. The number of aromatic nitrogens is 1. The number of pyridine rings is 1. The maximum atomic E-state index is 10.3. The maximum Gasteiger partial charge on any atom is 0.345 e. The Labute approximate surface area is 61.6 Å². The smallest absolute Gasteiger partial charge is 0.345 e. The molecular weight excluding hydrogens is 150 g/mol. The van der Waals surface area contributed by atoms with E-state index in [9.17, 15) is 4.79 Å². The Balaban J connectivity index is 3.32. The molecule has 0 spiro atoms. The summed E-state index contributed by atoms with van der Waals surface area (Å²) in [6.07, 6.45) is 1.11. The summed E-state index contributed by atoms with van der Waals surface area (Å²) in [5, 5.41) is 26.1. The van der Waals surface area contributed by atoms with Gasteiger partial charge in [0.1, 0.15) is 5.75 Å². The van der Waals surface area contributed by atoms with E-state index in [0.717, 1.165) is 12.3 Å².